The minimum atomic E-state index is -4.91. The smallest absolute Gasteiger partial charge is 0.434 e. The van der Waals surface area contributed by atoms with Crippen LogP contribution in [-0.4, -0.2) is 29.5 Å². The lowest BCUT2D eigenvalue weighted by Gasteiger charge is -2.13. The van der Waals surface area contributed by atoms with Gasteiger partial charge in [-0.05, 0) is 13.0 Å². The highest BCUT2D eigenvalue weighted by atomic mass is 19.4. The van der Waals surface area contributed by atoms with Gasteiger partial charge in [0.15, 0.2) is 5.69 Å². The van der Waals surface area contributed by atoms with Gasteiger partial charge in [0.2, 0.25) is 12.4 Å². The molecule has 0 spiro atoms. The first-order valence-electron chi connectivity index (χ1n) is 7.78. The highest BCUT2D eigenvalue weighted by Crippen LogP contribution is 2.35. The van der Waals surface area contributed by atoms with Gasteiger partial charge in [-0.25, -0.2) is 13.9 Å². The first-order chi connectivity index (χ1) is 12.8. The molecular weight excluding hydrogens is 370 g/mol. The normalized spacial score (nSPS) is 11.6. The molecule has 0 saturated carbocycles. The fourth-order valence-corrected chi connectivity index (χ4v) is 2.68. The molecule has 0 amide bonds. The molecule has 0 fully saturated rings. The molecule has 6 nitrogen and oxygen atoms in total. The Morgan fingerprint density at radius 2 is 2.00 bits per heavy atom. The molecule has 142 valence electrons. The summed E-state index contributed by atoms with van der Waals surface area (Å²) >= 11 is 0. The van der Waals surface area contributed by atoms with E-state index in [0.717, 1.165) is 10.9 Å². The zero-order chi connectivity index (χ0) is 19.8. The number of hydrogen-bond donors (Lipinski definition) is 0. The van der Waals surface area contributed by atoms with Gasteiger partial charge in [-0.2, -0.15) is 18.3 Å². The van der Waals surface area contributed by atoms with Crippen molar-refractivity contribution in [2.75, 3.05) is 13.7 Å². The van der Waals surface area contributed by atoms with Crippen molar-refractivity contribution in [1.29, 1.82) is 0 Å². The van der Waals surface area contributed by atoms with E-state index in [1.54, 1.807) is 0 Å². The Kier molecular flexibility index (Phi) is 4.73. The molecule has 2 heterocycles. The quantitative estimate of drug-likeness (QED) is 0.394. The number of carbonyl (C=O) groups is 1. The van der Waals surface area contributed by atoms with Crippen LogP contribution >= 0.6 is 0 Å². The van der Waals surface area contributed by atoms with E-state index in [9.17, 15) is 22.4 Å². The predicted octanol–water partition coefficient (Wildman–Crippen LogP) is 2.71. The van der Waals surface area contributed by atoms with Crippen LogP contribution in [0.5, 0.6) is 0 Å². The van der Waals surface area contributed by atoms with Crippen molar-refractivity contribution in [2.24, 2.45) is 0 Å². The molecular formula is C17H14F4N3O3+. The number of ether oxygens (including phenoxy) is 1. The van der Waals surface area contributed by atoms with E-state index in [-0.39, 0.29) is 23.1 Å². The number of alkyl halides is 3. The topological polar surface area (TPSA) is 57.2 Å². The summed E-state index contributed by atoms with van der Waals surface area (Å²) in [6.07, 6.45) is -1.64. The molecule has 3 aromatic rings. The average molecular weight is 384 g/mol. The van der Waals surface area contributed by atoms with Gasteiger partial charge in [0, 0.05) is 10.1 Å². The molecule has 0 aliphatic heterocycles. The Morgan fingerprint density at radius 1 is 1.26 bits per heavy atom. The van der Waals surface area contributed by atoms with Gasteiger partial charge in [-0.15, -0.1) is 0 Å². The highest BCUT2D eigenvalue weighted by molar-refractivity contribution is 5.92. The van der Waals surface area contributed by atoms with Crippen LogP contribution in [-0.2, 0) is 10.9 Å². The molecule has 0 N–H and O–H groups in total. The van der Waals surface area contributed by atoms with E-state index < -0.39 is 29.2 Å². The molecule has 1 aromatic carbocycles. The molecule has 0 bridgehead atoms. The van der Waals surface area contributed by atoms with E-state index in [4.69, 9.17) is 4.84 Å². The van der Waals surface area contributed by atoms with Gasteiger partial charge < -0.3 is 4.74 Å². The largest absolute Gasteiger partial charge is 0.462 e. The molecule has 2 aromatic heterocycles. The molecule has 27 heavy (non-hydrogen) atoms. The Bertz CT molecular complexity index is 1010. The second-order valence-electron chi connectivity index (χ2n) is 5.42. The molecule has 0 unspecified atom stereocenters. The maximum absolute atomic E-state index is 14.2. The Morgan fingerprint density at radius 3 is 2.63 bits per heavy atom. The van der Waals surface area contributed by atoms with Gasteiger partial charge in [0.05, 0.1) is 18.2 Å². The summed E-state index contributed by atoms with van der Waals surface area (Å²) < 4.78 is 61.6. The number of carbonyl (C=O) groups excluding carboxylic acids is 1. The number of rotatable bonds is 4. The Balaban J connectivity index is 2.35. The van der Waals surface area contributed by atoms with E-state index in [1.807, 2.05) is 0 Å². The monoisotopic (exact) mass is 384 g/mol. The Hall–Kier alpha value is -3.17. The summed E-state index contributed by atoms with van der Waals surface area (Å²) in [5.41, 5.74) is -2.17. The molecule has 0 aliphatic carbocycles. The van der Waals surface area contributed by atoms with E-state index in [0.29, 0.717) is 4.68 Å². The Labute approximate surface area is 150 Å². The number of esters is 1. The predicted molar refractivity (Wildman–Crippen MR) is 84.7 cm³/mol. The molecule has 3 rings (SSSR count). The maximum Gasteiger partial charge on any atom is 0.434 e. The van der Waals surface area contributed by atoms with Crippen molar-refractivity contribution < 1.29 is 36.7 Å². The van der Waals surface area contributed by atoms with Crippen molar-refractivity contribution in [3.8, 4) is 5.69 Å². The van der Waals surface area contributed by atoms with Crippen LogP contribution in [0, 0.1) is 5.82 Å². The number of pyridine rings is 1. The van der Waals surface area contributed by atoms with Crippen LogP contribution < -0.4 is 9.57 Å². The van der Waals surface area contributed by atoms with Crippen LogP contribution in [0.3, 0.4) is 0 Å². The molecule has 0 atom stereocenters. The SMILES string of the molecule is CCOC(=O)c1cnn(-c2c[n+](OC)cc3c(F)cccc23)c1C(F)(F)F. The van der Waals surface area contributed by atoms with Crippen LogP contribution in [0.25, 0.3) is 16.5 Å². The zero-order valence-electron chi connectivity index (χ0n) is 14.2. The first kappa shape index (κ1) is 18.6. The van der Waals surface area contributed by atoms with Crippen molar-refractivity contribution in [1.82, 2.24) is 9.78 Å². The standard InChI is InChI=1S/C17H14F4N3O3/c1-3-27-16(25)11-7-22-24(15(11)17(19,20)21)14-9-23(26-2)8-12-10(14)5-4-6-13(12)18/h4-9H,3H2,1-2H3/q+1. The second kappa shape index (κ2) is 6.86. The number of hydrogen-bond acceptors (Lipinski definition) is 4. The first-order valence-corrected chi connectivity index (χ1v) is 7.78. The minimum absolute atomic E-state index is 0.0261. The third kappa shape index (κ3) is 3.29. The lowest BCUT2D eigenvalue weighted by molar-refractivity contribution is -0.884. The third-order valence-corrected chi connectivity index (χ3v) is 3.81. The van der Waals surface area contributed by atoms with Gasteiger partial charge >= 0.3 is 12.1 Å². The van der Waals surface area contributed by atoms with Crippen molar-refractivity contribution in [3.63, 3.8) is 0 Å². The summed E-state index contributed by atoms with van der Waals surface area (Å²) in [6.45, 7) is 1.38. The molecule has 0 aliphatic rings. The van der Waals surface area contributed by atoms with Crippen molar-refractivity contribution >= 4 is 16.7 Å². The van der Waals surface area contributed by atoms with Crippen molar-refractivity contribution in [2.45, 2.75) is 13.1 Å². The fraction of sp³-hybridized carbons (Fsp3) is 0.235. The zero-order valence-corrected chi connectivity index (χ0v) is 14.2. The number of halogens is 4. The average Bonchev–Trinajstić information content (AvgIpc) is 3.07. The van der Waals surface area contributed by atoms with Crippen LogP contribution in [0.1, 0.15) is 23.0 Å². The molecule has 0 radical (unpaired) electrons. The van der Waals surface area contributed by atoms with Crippen LogP contribution in [0.15, 0.2) is 36.8 Å². The number of fused-ring (bicyclic) bond motifs is 1. The number of benzene rings is 1. The summed E-state index contributed by atoms with van der Waals surface area (Å²) in [4.78, 5) is 16.9. The summed E-state index contributed by atoms with van der Waals surface area (Å²) in [7, 11) is 1.27. The van der Waals surface area contributed by atoms with Crippen LogP contribution in [0.4, 0.5) is 17.6 Å². The van der Waals surface area contributed by atoms with Crippen LogP contribution in [0.2, 0.25) is 0 Å². The highest BCUT2D eigenvalue weighted by Gasteiger charge is 2.41. The third-order valence-electron chi connectivity index (χ3n) is 3.81. The van der Waals surface area contributed by atoms with Gasteiger partial charge in [0.25, 0.3) is 0 Å². The van der Waals surface area contributed by atoms with Gasteiger partial charge in [-0.1, -0.05) is 12.1 Å². The molecule has 0 saturated heterocycles. The van der Waals surface area contributed by atoms with Gasteiger partial charge in [0.1, 0.15) is 24.2 Å². The maximum atomic E-state index is 14.2. The fourth-order valence-electron chi connectivity index (χ4n) is 2.68. The van der Waals surface area contributed by atoms with Crippen molar-refractivity contribution in [3.05, 3.63) is 53.9 Å². The minimum Gasteiger partial charge on any atom is -0.462 e. The lowest BCUT2D eigenvalue weighted by Crippen LogP contribution is -2.40. The summed E-state index contributed by atoms with van der Waals surface area (Å²) in [5.74, 6) is -1.80. The van der Waals surface area contributed by atoms with E-state index in [2.05, 4.69) is 9.84 Å². The second-order valence-corrected chi connectivity index (χ2v) is 5.42. The summed E-state index contributed by atoms with van der Waals surface area (Å²) in [5, 5.41) is 3.90. The van der Waals surface area contributed by atoms with E-state index >= 15 is 0 Å². The van der Waals surface area contributed by atoms with Gasteiger partial charge in [-0.3, -0.25) is 4.84 Å². The number of nitrogens with zero attached hydrogens (tertiary/aromatic N) is 3. The molecule has 10 heteroatoms. The van der Waals surface area contributed by atoms with E-state index in [1.165, 1.54) is 44.6 Å². The lowest BCUT2D eigenvalue weighted by atomic mass is 10.1. The number of aromatic nitrogens is 3. The summed E-state index contributed by atoms with van der Waals surface area (Å²) in [6, 6.07) is 3.98.